The van der Waals surface area contributed by atoms with Crippen LogP contribution in [0.3, 0.4) is 0 Å². The molecule has 1 heterocycles. The summed E-state index contributed by atoms with van der Waals surface area (Å²) in [4.78, 5) is 2.52. The third kappa shape index (κ3) is 1.89. The Kier molecular flexibility index (Phi) is 2.89. The zero-order valence-corrected chi connectivity index (χ0v) is 8.58. The molecule has 0 radical (unpaired) electrons. The van der Waals surface area contributed by atoms with Gasteiger partial charge < -0.3 is 5.11 Å². The van der Waals surface area contributed by atoms with E-state index in [0.717, 1.165) is 6.42 Å². The van der Waals surface area contributed by atoms with Gasteiger partial charge in [0.2, 0.25) is 0 Å². The monoisotopic (exact) mass is 183 g/mol. The van der Waals surface area contributed by atoms with E-state index in [0.29, 0.717) is 12.0 Å². The second-order valence-corrected chi connectivity index (χ2v) is 4.71. The molecule has 13 heavy (non-hydrogen) atoms. The maximum atomic E-state index is 9.87. The molecule has 0 aromatic heterocycles. The van der Waals surface area contributed by atoms with Crippen molar-refractivity contribution in [2.45, 2.75) is 51.2 Å². The van der Waals surface area contributed by atoms with Gasteiger partial charge in [-0.05, 0) is 44.7 Å². The number of likely N-dealkylation sites (tertiary alicyclic amines) is 1. The summed E-state index contributed by atoms with van der Waals surface area (Å²) >= 11 is 0. The molecule has 0 amide bonds. The first-order valence-electron chi connectivity index (χ1n) is 5.71. The van der Waals surface area contributed by atoms with Gasteiger partial charge in [-0.2, -0.15) is 0 Å². The Balaban J connectivity index is 1.96. The van der Waals surface area contributed by atoms with Gasteiger partial charge in [0.15, 0.2) is 0 Å². The molecule has 1 saturated heterocycles. The fraction of sp³-hybridized carbons (Fsp3) is 1.00. The number of hydrogen-bond donors (Lipinski definition) is 1. The number of aliphatic hydroxyl groups excluding tert-OH is 1. The second-order valence-electron chi connectivity index (χ2n) is 4.71. The van der Waals surface area contributed by atoms with Gasteiger partial charge in [0, 0.05) is 6.04 Å². The summed E-state index contributed by atoms with van der Waals surface area (Å²) in [5, 5.41) is 9.87. The van der Waals surface area contributed by atoms with Crippen molar-refractivity contribution in [3.8, 4) is 0 Å². The first kappa shape index (κ1) is 9.47. The highest BCUT2D eigenvalue weighted by molar-refractivity contribution is 4.90. The molecule has 1 aliphatic carbocycles. The predicted molar refractivity (Wildman–Crippen MR) is 53.6 cm³/mol. The van der Waals surface area contributed by atoms with E-state index < -0.39 is 0 Å². The second kappa shape index (κ2) is 3.97. The van der Waals surface area contributed by atoms with Crippen molar-refractivity contribution in [3.05, 3.63) is 0 Å². The number of aliphatic hydroxyl groups is 1. The van der Waals surface area contributed by atoms with Crippen molar-refractivity contribution < 1.29 is 5.11 Å². The molecule has 0 aromatic carbocycles. The maximum Gasteiger partial charge on any atom is 0.0698 e. The number of piperidine rings is 1. The molecule has 3 unspecified atom stereocenters. The van der Waals surface area contributed by atoms with E-state index >= 15 is 0 Å². The first-order chi connectivity index (χ1) is 6.29. The van der Waals surface area contributed by atoms with Crippen molar-refractivity contribution in [2.24, 2.45) is 5.92 Å². The fourth-order valence-electron chi connectivity index (χ4n) is 2.97. The summed E-state index contributed by atoms with van der Waals surface area (Å²) in [6.07, 6.45) is 6.22. The third-order valence-electron chi connectivity index (χ3n) is 3.71. The summed E-state index contributed by atoms with van der Waals surface area (Å²) in [6, 6.07) is 0.472. The minimum atomic E-state index is -0.0481. The zero-order chi connectivity index (χ0) is 9.26. The summed E-state index contributed by atoms with van der Waals surface area (Å²) in [7, 11) is 0. The van der Waals surface area contributed by atoms with E-state index in [-0.39, 0.29) is 6.10 Å². The number of nitrogens with zero attached hydrogens (tertiary/aromatic N) is 1. The van der Waals surface area contributed by atoms with Crippen LogP contribution in [0.5, 0.6) is 0 Å². The van der Waals surface area contributed by atoms with Crippen LogP contribution in [0.25, 0.3) is 0 Å². The van der Waals surface area contributed by atoms with E-state index in [4.69, 9.17) is 0 Å². The van der Waals surface area contributed by atoms with E-state index in [9.17, 15) is 5.11 Å². The Hall–Kier alpha value is -0.0800. The van der Waals surface area contributed by atoms with E-state index in [2.05, 4.69) is 11.8 Å². The summed E-state index contributed by atoms with van der Waals surface area (Å²) in [5.74, 6) is 0.702. The van der Waals surface area contributed by atoms with Gasteiger partial charge in [0.25, 0.3) is 0 Å². The van der Waals surface area contributed by atoms with Crippen molar-refractivity contribution in [3.63, 3.8) is 0 Å². The molecule has 0 bridgehead atoms. The Bertz CT molecular complexity index is 155. The van der Waals surface area contributed by atoms with Crippen molar-refractivity contribution >= 4 is 0 Å². The quantitative estimate of drug-likeness (QED) is 0.668. The van der Waals surface area contributed by atoms with Gasteiger partial charge in [-0.1, -0.05) is 13.3 Å². The van der Waals surface area contributed by atoms with Gasteiger partial charge in [0.1, 0.15) is 0 Å². The van der Waals surface area contributed by atoms with E-state index in [1.807, 2.05) is 0 Å². The molecule has 0 spiro atoms. The van der Waals surface area contributed by atoms with Crippen LogP contribution in [-0.2, 0) is 0 Å². The molecule has 2 nitrogen and oxygen atoms in total. The van der Waals surface area contributed by atoms with Crippen LogP contribution >= 0.6 is 0 Å². The van der Waals surface area contributed by atoms with Crippen LogP contribution < -0.4 is 0 Å². The Morgan fingerprint density at radius 2 is 1.77 bits per heavy atom. The molecule has 2 heteroatoms. The Labute approximate surface area is 80.9 Å². The molecule has 1 aliphatic heterocycles. The summed E-state index contributed by atoms with van der Waals surface area (Å²) in [5.41, 5.74) is 0. The maximum absolute atomic E-state index is 9.87. The minimum absolute atomic E-state index is 0.0481. The highest BCUT2D eigenvalue weighted by Gasteiger charge is 2.36. The topological polar surface area (TPSA) is 23.5 Å². The lowest BCUT2D eigenvalue weighted by Crippen LogP contribution is -2.46. The van der Waals surface area contributed by atoms with Gasteiger partial charge in [-0.15, -0.1) is 0 Å². The van der Waals surface area contributed by atoms with Crippen LogP contribution in [0.4, 0.5) is 0 Å². The number of hydrogen-bond acceptors (Lipinski definition) is 2. The molecule has 1 saturated carbocycles. The van der Waals surface area contributed by atoms with Crippen LogP contribution in [-0.4, -0.2) is 35.2 Å². The van der Waals surface area contributed by atoms with E-state index in [1.54, 1.807) is 0 Å². The lowest BCUT2D eigenvalue weighted by Gasteiger charge is -2.36. The summed E-state index contributed by atoms with van der Waals surface area (Å²) < 4.78 is 0. The predicted octanol–water partition coefficient (Wildman–Crippen LogP) is 1.63. The van der Waals surface area contributed by atoms with Gasteiger partial charge in [-0.25, -0.2) is 0 Å². The molecule has 2 aliphatic rings. The van der Waals surface area contributed by atoms with Crippen LogP contribution in [0.1, 0.15) is 39.0 Å². The fourth-order valence-corrected chi connectivity index (χ4v) is 2.97. The van der Waals surface area contributed by atoms with Crippen LogP contribution in [0.2, 0.25) is 0 Å². The van der Waals surface area contributed by atoms with Gasteiger partial charge >= 0.3 is 0 Å². The largest absolute Gasteiger partial charge is 0.391 e. The summed E-state index contributed by atoms with van der Waals surface area (Å²) in [6.45, 7) is 4.72. The lowest BCUT2D eigenvalue weighted by molar-refractivity contribution is 0.0432. The Morgan fingerprint density at radius 1 is 1.08 bits per heavy atom. The SMILES string of the molecule is CC1CCC(O)C1N1CCCCC1. The zero-order valence-electron chi connectivity index (χ0n) is 8.58. The van der Waals surface area contributed by atoms with Gasteiger partial charge in [0.05, 0.1) is 6.10 Å². The highest BCUT2D eigenvalue weighted by Crippen LogP contribution is 2.31. The molecular weight excluding hydrogens is 162 g/mol. The van der Waals surface area contributed by atoms with Crippen molar-refractivity contribution in [2.75, 3.05) is 13.1 Å². The van der Waals surface area contributed by atoms with E-state index in [1.165, 1.54) is 38.8 Å². The molecule has 0 aromatic rings. The molecule has 1 N–H and O–H groups in total. The standard InChI is InChI=1S/C11H21NO/c1-9-5-6-10(13)11(9)12-7-3-2-4-8-12/h9-11,13H,2-8H2,1H3. The third-order valence-corrected chi connectivity index (χ3v) is 3.71. The average Bonchev–Trinajstić information content (AvgIpc) is 2.48. The highest BCUT2D eigenvalue weighted by atomic mass is 16.3. The molecule has 2 fully saturated rings. The van der Waals surface area contributed by atoms with Crippen molar-refractivity contribution in [1.82, 2.24) is 4.90 Å². The van der Waals surface area contributed by atoms with Crippen molar-refractivity contribution in [1.29, 1.82) is 0 Å². The lowest BCUT2D eigenvalue weighted by atomic mass is 10.0. The normalized spacial score (nSPS) is 42.5. The molecule has 76 valence electrons. The Morgan fingerprint density at radius 3 is 2.31 bits per heavy atom. The average molecular weight is 183 g/mol. The number of rotatable bonds is 1. The van der Waals surface area contributed by atoms with Crippen LogP contribution in [0, 0.1) is 5.92 Å². The molecular formula is C11H21NO. The first-order valence-corrected chi connectivity index (χ1v) is 5.71. The minimum Gasteiger partial charge on any atom is -0.391 e. The smallest absolute Gasteiger partial charge is 0.0698 e. The molecule has 3 atom stereocenters. The molecule has 2 rings (SSSR count). The van der Waals surface area contributed by atoms with Gasteiger partial charge in [-0.3, -0.25) is 4.90 Å². The van der Waals surface area contributed by atoms with Crippen LogP contribution in [0.15, 0.2) is 0 Å².